The quantitative estimate of drug-likeness (QED) is 0.811. The monoisotopic (exact) mass is 380 g/mol. The number of anilines is 1. The molecular formula is C22H25FN4O. The molecular weight excluding hydrogens is 355 g/mol. The molecule has 3 heterocycles. The highest BCUT2D eigenvalue weighted by Gasteiger charge is 2.41. The zero-order chi connectivity index (χ0) is 19.6. The number of halogens is 1. The number of likely N-dealkylation sites (tertiary alicyclic amines) is 1. The minimum Gasteiger partial charge on any atom is -0.497 e. The minimum atomic E-state index is -0.175. The summed E-state index contributed by atoms with van der Waals surface area (Å²) in [5.74, 6) is 1.40. The van der Waals surface area contributed by atoms with Gasteiger partial charge < -0.3 is 9.64 Å². The van der Waals surface area contributed by atoms with Crippen LogP contribution in [0.4, 0.5) is 10.2 Å². The molecule has 6 heteroatoms. The summed E-state index contributed by atoms with van der Waals surface area (Å²) in [6.07, 6.45) is 5.10. The van der Waals surface area contributed by atoms with E-state index in [9.17, 15) is 4.39 Å². The molecule has 0 N–H and O–H groups in total. The third-order valence-electron chi connectivity index (χ3n) is 6.02. The number of methoxy groups -OCH3 is 1. The Morgan fingerprint density at radius 3 is 2.93 bits per heavy atom. The summed E-state index contributed by atoms with van der Waals surface area (Å²) in [5, 5.41) is 9.14. The summed E-state index contributed by atoms with van der Waals surface area (Å²) in [6.45, 7) is 4.43. The van der Waals surface area contributed by atoms with Gasteiger partial charge >= 0.3 is 0 Å². The lowest BCUT2D eigenvalue weighted by molar-refractivity contribution is 0.0981. The number of nitrogens with zero attached hydrogens (tertiary/aromatic N) is 4. The molecule has 2 aromatic rings. The fourth-order valence-corrected chi connectivity index (χ4v) is 4.61. The molecule has 0 aliphatic carbocycles. The Balaban J connectivity index is 1.46. The van der Waals surface area contributed by atoms with Crippen LogP contribution in [0, 0.1) is 22.6 Å². The van der Waals surface area contributed by atoms with Crippen molar-refractivity contribution in [2.75, 3.05) is 38.2 Å². The molecule has 2 fully saturated rings. The standard InChI is InChI=1S/C22H25FN4O/c1-28-19-3-4-20(23)18(12-19)14-26-9-2-6-22(15-26)7-10-27(16-22)21-11-17(13-24)5-8-25-21/h3-5,8,11-12H,2,6-7,9-10,14-16H2,1H3/t22-/m0/s1. The Hall–Kier alpha value is -2.65. The Labute approximate surface area is 165 Å². The van der Waals surface area contributed by atoms with Gasteiger partial charge in [-0.25, -0.2) is 9.37 Å². The molecule has 0 amide bonds. The largest absolute Gasteiger partial charge is 0.497 e. The second kappa shape index (κ2) is 7.76. The molecule has 146 valence electrons. The van der Waals surface area contributed by atoms with Crippen molar-refractivity contribution >= 4 is 5.82 Å². The normalized spacial score (nSPS) is 22.4. The van der Waals surface area contributed by atoms with Crippen molar-refractivity contribution in [3.63, 3.8) is 0 Å². The lowest BCUT2D eigenvalue weighted by Gasteiger charge is -2.40. The predicted molar refractivity (Wildman–Crippen MR) is 106 cm³/mol. The van der Waals surface area contributed by atoms with Crippen LogP contribution in [0.1, 0.15) is 30.4 Å². The number of piperidine rings is 1. The van der Waals surface area contributed by atoms with Gasteiger partial charge in [0.15, 0.2) is 0 Å². The molecule has 2 aliphatic rings. The summed E-state index contributed by atoms with van der Waals surface area (Å²) in [6, 6.07) is 10.7. The Kier molecular flexibility index (Phi) is 5.19. The fraction of sp³-hybridized carbons (Fsp3) is 0.455. The molecule has 0 radical (unpaired) electrons. The Bertz CT molecular complexity index is 896. The van der Waals surface area contributed by atoms with E-state index in [-0.39, 0.29) is 11.2 Å². The van der Waals surface area contributed by atoms with Crippen molar-refractivity contribution in [1.82, 2.24) is 9.88 Å². The van der Waals surface area contributed by atoms with Gasteiger partial charge in [0.25, 0.3) is 0 Å². The average molecular weight is 380 g/mol. The van der Waals surface area contributed by atoms with Crippen molar-refractivity contribution in [3.8, 4) is 11.8 Å². The van der Waals surface area contributed by atoms with Crippen LogP contribution in [0.2, 0.25) is 0 Å². The van der Waals surface area contributed by atoms with Gasteiger partial charge in [0, 0.05) is 43.4 Å². The van der Waals surface area contributed by atoms with E-state index < -0.39 is 0 Å². The molecule has 4 rings (SSSR count). The maximum Gasteiger partial charge on any atom is 0.129 e. The number of pyridine rings is 1. The van der Waals surface area contributed by atoms with Crippen LogP contribution in [0.5, 0.6) is 5.75 Å². The van der Waals surface area contributed by atoms with Crippen molar-refractivity contribution in [3.05, 3.63) is 53.5 Å². The maximum atomic E-state index is 14.3. The highest BCUT2D eigenvalue weighted by atomic mass is 19.1. The zero-order valence-electron chi connectivity index (χ0n) is 16.2. The number of hydrogen-bond acceptors (Lipinski definition) is 5. The van der Waals surface area contributed by atoms with E-state index in [0.29, 0.717) is 23.4 Å². The van der Waals surface area contributed by atoms with Crippen LogP contribution in [0.25, 0.3) is 0 Å². The number of benzene rings is 1. The van der Waals surface area contributed by atoms with Crippen molar-refractivity contribution in [1.29, 1.82) is 5.26 Å². The van der Waals surface area contributed by atoms with E-state index in [1.807, 2.05) is 6.07 Å². The number of rotatable bonds is 4. The fourth-order valence-electron chi connectivity index (χ4n) is 4.61. The molecule has 28 heavy (non-hydrogen) atoms. The average Bonchev–Trinajstić information content (AvgIpc) is 3.13. The minimum absolute atomic E-state index is 0.175. The SMILES string of the molecule is COc1ccc(F)c(CN2CCC[C@]3(CCN(c4cc(C#N)ccn4)C3)C2)c1. The summed E-state index contributed by atoms with van der Waals surface area (Å²) >= 11 is 0. The van der Waals surface area contributed by atoms with E-state index in [1.165, 1.54) is 12.5 Å². The molecule has 1 spiro atoms. The third kappa shape index (κ3) is 3.81. The lowest BCUT2D eigenvalue weighted by Crippen LogP contribution is -2.44. The summed E-state index contributed by atoms with van der Waals surface area (Å²) in [7, 11) is 1.61. The smallest absolute Gasteiger partial charge is 0.129 e. The van der Waals surface area contributed by atoms with Crippen LogP contribution >= 0.6 is 0 Å². The molecule has 1 aromatic carbocycles. The summed E-state index contributed by atoms with van der Waals surface area (Å²) in [5.41, 5.74) is 1.54. The third-order valence-corrected chi connectivity index (χ3v) is 6.02. The molecule has 0 bridgehead atoms. The van der Waals surface area contributed by atoms with Gasteiger partial charge in [-0.3, -0.25) is 4.90 Å². The first kappa shape index (κ1) is 18.7. The van der Waals surface area contributed by atoms with Gasteiger partial charge in [0.05, 0.1) is 18.7 Å². The van der Waals surface area contributed by atoms with Gasteiger partial charge in [0.1, 0.15) is 17.4 Å². The predicted octanol–water partition coefficient (Wildman–Crippen LogP) is 3.59. The molecule has 0 saturated carbocycles. The lowest BCUT2D eigenvalue weighted by atomic mass is 9.79. The first-order chi connectivity index (χ1) is 13.6. The van der Waals surface area contributed by atoms with Crippen LogP contribution in [0.3, 0.4) is 0 Å². The summed E-state index contributed by atoms with van der Waals surface area (Å²) in [4.78, 5) is 9.12. The first-order valence-electron chi connectivity index (χ1n) is 9.77. The molecule has 2 saturated heterocycles. The number of ether oxygens (including phenoxy) is 1. The van der Waals surface area contributed by atoms with Gasteiger partial charge in [-0.15, -0.1) is 0 Å². The van der Waals surface area contributed by atoms with Gasteiger partial charge in [0.2, 0.25) is 0 Å². The number of nitriles is 1. The Morgan fingerprint density at radius 2 is 2.11 bits per heavy atom. The number of aromatic nitrogens is 1. The van der Waals surface area contributed by atoms with Gasteiger partial charge in [-0.2, -0.15) is 5.26 Å². The Morgan fingerprint density at radius 1 is 1.21 bits per heavy atom. The van der Waals surface area contributed by atoms with Crippen LogP contribution < -0.4 is 9.64 Å². The molecule has 1 aromatic heterocycles. The van der Waals surface area contributed by atoms with E-state index >= 15 is 0 Å². The van der Waals surface area contributed by atoms with E-state index in [2.05, 4.69) is 20.9 Å². The van der Waals surface area contributed by atoms with Crippen LogP contribution in [0.15, 0.2) is 36.5 Å². The van der Waals surface area contributed by atoms with Crippen molar-refractivity contribution in [2.24, 2.45) is 5.41 Å². The second-order valence-corrected chi connectivity index (χ2v) is 7.96. The van der Waals surface area contributed by atoms with Crippen molar-refractivity contribution in [2.45, 2.75) is 25.8 Å². The topological polar surface area (TPSA) is 52.4 Å². The van der Waals surface area contributed by atoms with E-state index in [1.54, 1.807) is 31.5 Å². The van der Waals surface area contributed by atoms with Gasteiger partial charge in [-0.1, -0.05) is 0 Å². The van der Waals surface area contributed by atoms with Gasteiger partial charge in [-0.05, 0) is 56.1 Å². The maximum absolute atomic E-state index is 14.3. The highest BCUT2D eigenvalue weighted by molar-refractivity contribution is 5.46. The van der Waals surface area contributed by atoms with Crippen LogP contribution in [-0.4, -0.2) is 43.2 Å². The molecule has 2 aliphatic heterocycles. The molecule has 1 atom stereocenters. The number of hydrogen-bond donors (Lipinski definition) is 0. The molecule has 5 nitrogen and oxygen atoms in total. The van der Waals surface area contributed by atoms with Crippen LogP contribution in [-0.2, 0) is 6.54 Å². The highest BCUT2D eigenvalue weighted by Crippen LogP contribution is 2.40. The molecule has 0 unspecified atom stereocenters. The van der Waals surface area contributed by atoms with E-state index in [0.717, 1.165) is 44.8 Å². The second-order valence-electron chi connectivity index (χ2n) is 7.96. The summed E-state index contributed by atoms with van der Waals surface area (Å²) < 4.78 is 19.5. The van der Waals surface area contributed by atoms with E-state index in [4.69, 9.17) is 10.00 Å². The van der Waals surface area contributed by atoms with Crippen molar-refractivity contribution < 1.29 is 9.13 Å². The zero-order valence-corrected chi connectivity index (χ0v) is 16.2. The first-order valence-corrected chi connectivity index (χ1v) is 9.77.